The van der Waals surface area contributed by atoms with Crippen LogP contribution in [0.4, 0.5) is 5.13 Å². The summed E-state index contributed by atoms with van der Waals surface area (Å²) < 4.78 is 0. The Labute approximate surface area is 86.7 Å². The predicted molar refractivity (Wildman–Crippen MR) is 56.6 cm³/mol. The fourth-order valence-corrected chi connectivity index (χ4v) is 2.05. The lowest BCUT2D eigenvalue weighted by Crippen LogP contribution is -2.50. The topological polar surface area (TPSA) is 54.0 Å². The number of thiazole rings is 1. The molecule has 0 bridgehead atoms. The van der Waals surface area contributed by atoms with Crippen LogP contribution in [0.1, 0.15) is 17.0 Å². The number of nitrogens with one attached hydrogen (secondary N) is 2. The monoisotopic (exact) mass is 211 g/mol. The first-order valence-electron chi connectivity index (χ1n) is 4.65. The summed E-state index contributed by atoms with van der Waals surface area (Å²) in [4.78, 5) is 16.9. The molecule has 1 aromatic rings. The van der Waals surface area contributed by atoms with Crippen LogP contribution in [-0.4, -0.2) is 23.5 Å². The van der Waals surface area contributed by atoms with Gasteiger partial charge in [-0.2, -0.15) is 0 Å². The maximum absolute atomic E-state index is 11.5. The van der Waals surface area contributed by atoms with Crippen molar-refractivity contribution in [2.45, 2.75) is 26.3 Å². The van der Waals surface area contributed by atoms with E-state index < -0.39 is 0 Å². The molecule has 1 aromatic heterocycles. The molecule has 2 rings (SSSR count). The summed E-state index contributed by atoms with van der Waals surface area (Å²) >= 11 is 1.52. The van der Waals surface area contributed by atoms with Gasteiger partial charge in [-0.15, -0.1) is 11.3 Å². The first-order chi connectivity index (χ1) is 6.66. The molecule has 0 unspecified atom stereocenters. The van der Waals surface area contributed by atoms with Crippen molar-refractivity contribution in [3.63, 3.8) is 0 Å². The van der Waals surface area contributed by atoms with Crippen molar-refractivity contribution < 1.29 is 4.79 Å². The van der Waals surface area contributed by atoms with Gasteiger partial charge in [0.05, 0.1) is 11.7 Å². The van der Waals surface area contributed by atoms with Crippen LogP contribution in [0.2, 0.25) is 0 Å². The Morgan fingerprint density at radius 2 is 2.36 bits per heavy atom. The molecular weight excluding hydrogens is 198 g/mol. The summed E-state index contributed by atoms with van der Waals surface area (Å²) in [5.41, 5.74) is 0.992. The zero-order valence-electron chi connectivity index (χ0n) is 8.26. The minimum Gasteiger partial charge on any atom is -0.306 e. The van der Waals surface area contributed by atoms with Crippen molar-refractivity contribution in [2.75, 3.05) is 11.9 Å². The number of carbonyl (C=O) groups is 1. The Kier molecular flexibility index (Phi) is 2.52. The van der Waals surface area contributed by atoms with Gasteiger partial charge >= 0.3 is 0 Å². The second kappa shape index (κ2) is 3.67. The molecule has 2 heterocycles. The first kappa shape index (κ1) is 9.61. The number of hydrogen-bond acceptors (Lipinski definition) is 4. The lowest BCUT2D eigenvalue weighted by atomic mass is 10.1. The van der Waals surface area contributed by atoms with Gasteiger partial charge in [0.15, 0.2) is 5.13 Å². The number of rotatable bonds is 2. The first-order valence-corrected chi connectivity index (χ1v) is 5.47. The van der Waals surface area contributed by atoms with E-state index in [0.717, 1.165) is 23.5 Å². The Morgan fingerprint density at radius 1 is 1.64 bits per heavy atom. The fourth-order valence-electron chi connectivity index (χ4n) is 1.23. The molecule has 14 heavy (non-hydrogen) atoms. The number of carbonyl (C=O) groups excluding carboxylic acids is 1. The minimum absolute atomic E-state index is 0.0143. The van der Waals surface area contributed by atoms with Gasteiger partial charge in [0, 0.05) is 4.88 Å². The molecule has 1 fully saturated rings. The summed E-state index contributed by atoms with van der Waals surface area (Å²) in [7, 11) is 0. The minimum atomic E-state index is -0.0143. The third-order valence-corrected chi connectivity index (χ3v) is 3.39. The molecule has 0 aromatic carbocycles. The summed E-state index contributed by atoms with van der Waals surface area (Å²) in [6.07, 6.45) is 0.926. The molecule has 1 saturated heterocycles. The number of amides is 1. The molecule has 0 radical (unpaired) electrons. The van der Waals surface area contributed by atoms with E-state index in [9.17, 15) is 4.79 Å². The normalized spacial score (nSPS) is 20.3. The summed E-state index contributed by atoms with van der Waals surface area (Å²) in [6, 6.07) is -0.0143. The highest BCUT2D eigenvalue weighted by molar-refractivity contribution is 7.15. The largest absolute Gasteiger partial charge is 0.306 e. The van der Waals surface area contributed by atoms with Crippen LogP contribution >= 0.6 is 11.3 Å². The van der Waals surface area contributed by atoms with E-state index in [2.05, 4.69) is 15.6 Å². The third-order valence-electron chi connectivity index (χ3n) is 2.40. The van der Waals surface area contributed by atoms with Gasteiger partial charge in [0.1, 0.15) is 0 Å². The Balaban J connectivity index is 1.99. The van der Waals surface area contributed by atoms with E-state index in [4.69, 9.17) is 0 Å². The van der Waals surface area contributed by atoms with Crippen LogP contribution in [0, 0.1) is 13.8 Å². The quantitative estimate of drug-likeness (QED) is 0.769. The number of aromatic nitrogens is 1. The van der Waals surface area contributed by atoms with Crippen molar-refractivity contribution in [1.82, 2.24) is 10.3 Å². The van der Waals surface area contributed by atoms with Crippen LogP contribution in [-0.2, 0) is 4.79 Å². The van der Waals surface area contributed by atoms with Crippen molar-refractivity contribution in [3.8, 4) is 0 Å². The SMILES string of the molecule is Cc1nc(NC(=O)[C@H]2CCN2)sc1C. The van der Waals surface area contributed by atoms with E-state index >= 15 is 0 Å². The van der Waals surface area contributed by atoms with E-state index in [1.165, 1.54) is 11.3 Å². The van der Waals surface area contributed by atoms with E-state index in [0.29, 0.717) is 5.13 Å². The number of anilines is 1. The van der Waals surface area contributed by atoms with Gasteiger partial charge in [0.25, 0.3) is 0 Å². The highest BCUT2D eigenvalue weighted by Gasteiger charge is 2.25. The van der Waals surface area contributed by atoms with Crippen LogP contribution in [0.5, 0.6) is 0 Å². The zero-order chi connectivity index (χ0) is 10.1. The second-order valence-electron chi connectivity index (χ2n) is 3.45. The summed E-state index contributed by atoms with van der Waals surface area (Å²) in [5, 5.41) is 6.57. The molecule has 0 spiro atoms. The number of hydrogen-bond donors (Lipinski definition) is 2. The molecule has 5 heteroatoms. The molecule has 1 atom stereocenters. The van der Waals surface area contributed by atoms with Gasteiger partial charge < -0.3 is 10.6 Å². The number of nitrogens with zero attached hydrogens (tertiary/aromatic N) is 1. The Bertz CT molecular complexity index is 337. The fraction of sp³-hybridized carbons (Fsp3) is 0.556. The smallest absolute Gasteiger partial charge is 0.243 e. The Hall–Kier alpha value is -0.940. The zero-order valence-corrected chi connectivity index (χ0v) is 9.07. The van der Waals surface area contributed by atoms with Crippen molar-refractivity contribution in [3.05, 3.63) is 10.6 Å². The second-order valence-corrected chi connectivity index (χ2v) is 4.65. The summed E-state index contributed by atoms with van der Waals surface area (Å²) in [6.45, 7) is 4.89. The van der Waals surface area contributed by atoms with Crippen molar-refractivity contribution >= 4 is 22.4 Å². The molecule has 1 aliphatic heterocycles. The lowest BCUT2D eigenvalue weighted by Gasteiger charge is -2.25. The molecular formula is C9H13N3OS. The van der Waals surface area contributed by atoms with Crippen LogP contribution in [0.15, 0.2) is 0 Å². The van der Waals surface area contributed by atoms with Crippen LogP contribution in [0.3, 0.4) is 0 Å². The molecule has 4 nitrogen and oxygen atoms in total. The van der Waals surface area contributed by atoms with Gasteiger partial charge in [-0.05, 0) is 26.8 Å². The maximum Gasteiger partial charge on any atom is 0.243 e. The summed E-state index contributed by atoms with van der Waals surface area (Å²) in [5.74, 6) is 0.0324. The maximum atomic E-state index is 11.5. The third kappa shape index (κ3) is 1.78. The molecule has 1 aliphatic rings. The lowest BCUT2D eigenvalue weighted by molar-refractivity contribution is -0.119. The average Bonchev–Trinajstić information content (AvgIpc) is 2.26. The molecule has 1 amide bonds. The Morgan fingerprint density at radius 3 is 2.79 bits per heavy atom. The molecule has 76 valence electrons. The van der Waals surface area contributed by atoms with E-state index in [-0.39, 0.29) is 11.9 Å². The highest BCUT2D eigenvalue weighted by atomic mass is 32.1. The molecule has 0 aliphatic carbocycles. The van der Waals surface area contributed by atoms with Crippen molar-refractivity contribution in [1.29, 1.82) is 0 Å². The van der Waals surface area contributed by atoms with Gasteiger partial charge in [-0.3, -0.25) is 4.79 Å². The van der Waals surface area contributed by atoms with E-state index in [1.54, 1.807) is 0 Å². The predicted octanol–water partition coefficient (Wildman–Crippen LogP) is 1.06. The molecule has 0 saturated carbocycles. The van der Waals surface area contributed by atoms with Gasteiger partial charge in [0.2, 0.25) is 5.91 Å². The van der Waals surface area contributed by atoms with Crippen molar-refractivity contribution in [2.24, 2.45) is 0 Å². The van der Waals surface area contributed by atoms with Gasteiger partial charge in [-0.25, -0.2) is 4.98 Å². The highest BCUT2D eigenvalue weighted by Crippen LogP contribution is 2.21. The van der Waals surface area contributed by atoms with E-state index in [1.807, 2.05) is 13.8 Å². The average molecular weight is 211 g/mol. The molecule has 2 N–H and O–H groups in total. The van der Waals surface area contributed by atoms with Gasteiger partial charge in [-0.1, -0.05) is 0 Å². The van der Waals surface area contributed by atoms with Crippen LogP contribution in [0.25, 0.3) is 0 Å². The standard InChI is InChI=1S/C9H13N3OS/c1-5-6(2)14-9(11-5)12-8(13)7-3-4-10-7/h7,10H,3-4H2,1-2H3,(H,11,12,13)/t7-/m1/s1. The number of aryl methyl sites for hydroxylation is 2. The van der Waals surface area contributed by atoms with Crippen LogP contribution < -0.4 is 10.6 Å².